The largest absolute Gasteiger partial charge is 2.00 e. The Hall–Kier alpha value is 0.719. The van der Waals surface area contributed by atoms with Gasteiger partial charge in [0, 0.05) is 60.8 Å². The van der Waals surface area contributed by atoms with Crippen LogP contribution in [0.5, 0.6) is 0 Å². The summed E-state index contributed by atoms with van der Waals surface area (Å²) in [6, 6.07) is 0. The minimum absolute atomic E-state index is 0. The van der Waals surface area contributed by atoms with Crippen molar-refractivity contribution in [3.63, 3.8) is 0 Å². The first kappa shape index (κ1) is 83.6. The molecule has 0 rings (SSSR count). The number of hydrogen-bond acceptors (Lipinski definition) is 18. The van der Waals surface area contributed by atoms with Gasteiger partial charge in [-0.05, 0) is 55.4 Å². The third kappa shape index (κ3) is 18600. The van der Waals surface area contributed by atoms with Gasteiger partial charge in [-0.2, -0.15) is 0 Å². The zero-order chi connectivity index (χ0) is 32.0. The molecule has 0 fully saturated rings. The van der Waals surface area contributed by atoms with E-state index in [0.29, 0.717) is 13.1 Å². The Kier molecular flexibility index (Phi) is 174. The van der Waals surface area contributed by atoms with E-state index in [1.54, 1.807) is 0 Å². The smallest absolute Gasteiger partial charge is 0.550 e. The van der Waals surface area contributed by atoms with Crippen LogP contribution < -0.4 is 52.3 Å². The summed E-state index contributed by atoms with van der Waals surface area (Å²) in [5, 5.41) is 71.1. The molecule has 0 radical (unpaired) electrons. The molecule has 0 bridgehead atoms. The van der Waals surface area contributed by atoms with E-state index >= 15 is 0 Å². The predicted octanol–water partition coefficient (Wildman–Crippen LogP) is -12.6. The summed E-state index contributed by atoms with van der Waals surface area (Å²) in [5.74, 6) is -8.67. The third-order valence-corrected chi connectivity index (χ3v) is 0.167. The molecule has 0 aliphatic heterocycles. The van der Waals surface area contributed by atoms with Gasteiger partial charge in [0.25, 0.3) is 0 Å². The van der Waals surface area contributed by atoms with Crippen LogP contribution in [0.1, 0.15) is 55.4 Å². The molecule has 0 heterocycles. The first-order valence-corrected chi connectivity index (χ1v) is 8.58. The Balaban J connectivity index is -0.0000000184. The summed E-state index contributed by atoms with van der Waals surface area (Å²) < 4.78 is 0. The standard InChI is InChI=1S/C2H8N2.8C2H4O2.4Ca/c3-1-2-4;8*1-2(3)4;;;;/h1-4H2;8*1H3,(H,3,4);;;;/q;;;;;;;;;4*+2/p-8. The fourth-order valence-corrected chi connectivity index (χ4v) is 0. The van der Waals surface area contributed by atoms with Crippen molar-refractivity contribution in [2.45, 2.75) is 55.4 Å². The maximum Gasteiger partial charge on any atom is 2.00 e. The molecule has 22 heteroatoms. The molecule has 0 saturated carbocycles. The van der Waals surface area contributed by atoms with Crippen molar-refractivity contribution < 1.29 is 79.2 Å². The van der Waals surface area contributed by atoms with Crippen molar-refractivity contribution in [2.75, 3.05) is 13.1 Å². The molecule has 0 atom stereocenters. The first-order chi connectivity index (χ1) is 15.8. The quantitative estimate of drug-likeness (QED) is 0.241. The van der Waals surface area contributed by atoms with Gasteiger partial charge in [-0.25, -0.2) is 0 Å². The van der Waals surface area contributed by atoms with Crippen LogP contribution in [-0.4, -0.2) is 212 Å². The van der Waals surface area contributed by atoms with Crippen LogP contribution in [-0.2, 0) is 38.4 Å². The van der Waals surface area contributed by atoms with Crippen LogP contribution >= 0.6 is 0 Å². The molecule has 0 spiro atoms. The van der Waals surface area contributed by atoms with Crippen LogP contribution in [0.4, 0.5) is 0 Å². The zero-order valence-electron chi connectivity index (χ0n) is 23.9. The van der Waals surface area contributed by atoms with Gasteiger partial charge in [0.05, 0.1) is 0 Å². The van der Waals surface area contributed by atoms with Gasteiger partial charge in [0.1, 0.15) is 0 Å². The molecule has 18 nitrogen and oxygen atoms in total. The number of carbonyl (C=O) groups excluding carboxylic acids is 8. The minimum atomic E-state index is -1.08. The van der Waals surface area contributed by atoms with Crippen LogP contribution in [0.3, 0.4) is 0 Å². The summed E-state index contributed by atoms with van der Waals surface area (Å²) in [7, 11) is 0. The van der Waals surface area contributed by atoms with E-state index in [-0.39, 0.29) is 151 Å². The summed E-state index contributed by atoms with van der Waals surface area (Å²) in [6.45, 7) is 8.97. The fraction of sp³-hybridized carbons (Fsp3) is 0.556. The second-order valence-corrected chi connectivity index (χ2v) is 4.51. The first-order valence-electron chi connectivity index (χ1n) is 8.58. The third-order valence-electron chi connectivity index (χ3n) is 0.167. The molecule has 40 heavy (non-hydrogen) atoms. The Morgan fingerprint density at radius 2 is 0.350 bits per heavy atom. The van der Waals surface area contributed by atoms with Gasteiger partial charge < -0.3 is 90.7 Å². The van der Waals surface area contributed by atoms with Crippen molar-refractivity contribution in [1.82, 2.24) is 0 Å². The normalized spacial score (nSPS) is 5.75. The number of carboxylic acid groups (broad SMARTS) is 8. The van der Waals surface area contributed by atoms with E-state index in [1.807, 2.05) is 0 Å². The van der Waals surface area contributed by atoms with Crippen LogP contribution in [0.25, 0.3) is 0 Å². The van der Waals surface area contributed by atoms with E-state index < -0.39 is 47.8 Å². The maximum atomic E-state index is 8.89. The minimum Gasteiger partial charge on any atom is -0.550 e. The van der Waals surface area contributed by atoms with Gasteiger partial charge >= 0.3 is 151 Å². The molecular formula is C18H32Ca4N2O16. The van der Waals surface area contributed by atoms with Crippen LogP contribution in [0.2, 0.25) is 0 Å². The number of nitrogens with two attached hydrogens (primary N) is 2. The van der Waals surface area contributed by atoms with Crippen molar-refractivity contribution in [3.8, 4) is 0 Å². The van der Waals surface area contributed by atoms with Gasteiger partial charge in [0.15, 0.2) is 0 Å². The van der Waals surface area contributed by atoms with Gasteiger partial charge in [-0.3, -0.25) is 0 Å². The van der Waals surface area contributed by atoms with Crippen LogP contribution in [0.15, 0.2) is 0 Å². The van der Waals surface area contributed by atoms with E-state index in [2.05, 4.69) is 0 Å². The molecule has 0 aromatic carbocycles. The zero-order valence-corrected chi connectivity index (χ0v) is 32.8. The molecule has 0 aliphatic carbocycles. The number of carboxylic acids is 8. The number of rotatable bonds is 1. The number of hydrogen-bond donors (Lipinski definition) is 2. The topological polar surface area (TPSA) is 373 Å². The number of carbonyl (C=O) groups is 8. The second-order valence-electron chi connectivity index (χ2n) is 4.51. The Bertz CT molecular complexity index is 418. The SMILES string of the molecule is CC(=O)[O-].CC(=O)[O-].CC(=O)[O-].CC(=O)[O-].CC(=O)[O-].CC(=O)[O-].CC(=O)[O-].CC(=O)[O-].NCCN.[Ca+2].[Ca+2].[Ca+2].[Ca+2]. The fourth-order valence-electron chi connectivity index (χ4n) is 0. The summed E-state index contributed by atoms with van der Waals surface area (Å²) in [4.78, 5) is 71.1. The van der Waals surface area contributed by atoms with Gasteiger partial charge in [0.2, 0.25) is 0 Å². The monoisotopic (exact) mass is 692 g/mol. The van der Waals surface area contributed by atoms with Crippen molar-refractivity contribution in [1.29, 1.82) is 0 Å². The molecule has 0 aromatic heterocycles. The van der Waals surface area contributed by atoms with Crippen LogP contribution in [0, 0.1) is 0 Å². The molecule has 0 amide bonds. The van der Waals surface area contributed by atoms with Gasteiger partial charge in [-0.1, -0.05) is 0 Å². The predicted molar refractivity (Wildman–Crippen MR) is 127 cm³/mol. The Morgan fingerprint density at radius 3 is 0.350 bits per heavy atom. The Morgan fingerprint density at radius 1 is 0.325 bits per heavy atom. The Labute approximate surface area is 352 Å². The van der Waals surface area contributed by atoms with Crippen molar-refractivity contribution in [2.24, 2.45) is 11.5 Å². The average molecular weight is 693 g/mol. The summed E-state index contributed by atoms with van der Waals surface area (Å²) in [6.07, 6.45) is 0. The summed E-state index contributed by atoms with van der Waals surface area (Å²) in [5.41, 5.74) is 9.81. The molecule has 0 saturated heterocycles. The average Bonchev–Trinajstić information content (AvgIpc) is 2.50. The molecule has 0 unspecified atom stereocenters. The molecule has 0 aromatic rings. The maximum absolute atomic E-state index is 8.89. The molecular weight excluding hydrogens is 661 g/mol. The van der Waals surface area contributed by atoms with Gasteiger partial charge in [-0.15, -0.1) is 0 Å². The van der Waals surface area contributed by atoms with Crippen molar-refractivity contribution in [3.05, 3.63) is 0 Å². The summed E-state index contributed by atoms with van der Waals surface area (Å²) >= 11 is 0. The molecule has 0 aliphatic rings. The molecule has 218 valence electrons. The van der Waals surface area contributed by atoms with E-state index in [9.17, 15) is 0 Å². The second kappa shape index (κ2) is 83.4. The van der Waals surface area contributed by atoms with E-state index in [4.69, 9.17) is 90.7 Å². The van der Waals surface area contributed by atoms with E-state index in [0.717, 1.165) is 55.4 Å². The molecule has 4 N–H and O–H groups in total. The van der Waals surface area contributed by atoms with Crippen molar-refractivity contribution >= 4 is 199 Å². The number of aliphatic carboxylic acids is 8. The van der Waals surface area contributed by atoms with E-state index in [1.165, 1.54) is 0 Å².